The fourth-order valence-corrected chi connectivity index (χ4v) is 2.21. The van der Waals surface area contributed by atoms with Crippen LogP contribution in [0.15, 0.2) is 30.5 Å². The molecule has 22 heavy (non-hydrogen) atoms. The summed E-state index contributed by atoms with van der Waals surface area (Å²) in [6, 6.07) is 7.46. The zero-order chi connectivity index (χ0) is 16.1. The van der Waals surface area contributed by atoms with Crippen LogP contribution in [0.4, 0.5) is 11.6 Å². The number of nitrogens with one attached hydrogen (secondary N) is 2. The summed E-state index contributed by atoms with van der Waals surface area (Å²) in [5.74, 6) is 0.875. The SMILES string of the molecule is CCNC(=O)c1ccc(NCc2cnc(N(C)C)n2C)cc1. The minimum absolute atomic E-state index is 0.0451. The molecule has 6 heteroatoms. The summed E-state index contributed by atoms with van der Waals surface area (Å²) >= 11 is 0. The van der Waals surface area contributed by atoms with E-state index in [0.29, 0.717) is 18.7 Å². The second-order valence-electron chi connectivity index (χ2n) is 5.29. The molecule has 1 heterocycles. The third-order valence-electron chi connectivity index (χ3n) is 3.42. The molecule has 0 saturated heterocycles. The largest absolute Gasteiger partial charge is 0.379 e. The van der Waals surface area contributed by atoms with Gasteiger partial charge in [-0.3, -0.25) is 4.79 Å². The van der Waals surface area contributed by atoms with Crippen LogP contribution in [0.1, 0.15) is 23.0 Å². The highest BCUT2D eigenvalue weighted by Gasteiger charge is 2.08. The monoisotopic (exact) mass is 301 g/mol. The zero-order valence-corrected chi connectivity index (χ0v) is 13.6. The smallest absolute Gasteiger partial charge is 0.251 e. The summed E-state index contributed by atoms with van der Waals surface area (Å²) in [5, 5.41) is 6.13. The van der Waals surface area contributed by atoms with Crippen molar-refractivity contribution in [1.29, 1.82) is 0 Å². The van der Waals surface area contributed by atoms with E-state index < -0.39 is 0 Å². The molecule has 0 bridgehead atoms. The Hall–Kier alpha value is -2.50. The van der Waals surface area contributed by atoms with Crippen molar-refractivity contribution in [3.63, 3.8) is 0 Å². The van der Waals surface area contributed by atoms with Gasteiger partial charge in [-0.1, -0.05) is 0 Å². The van der Waals surface area contributed by atoms with Crippen molar-refractivity contribution < 1.29 is 4.79 Å². The summed E-state index contributed by atoms with van der Waals surface area (Å²) < 4.78 is 2.05. The van der Waals surface area contributed by atoms with Gasteiger partial charge in [-0.05, 0) is 31.2 Å². The quantitative estimate of drug-likeness (QED) is 0.855. The normalized spacial score (nSPS) is 10.4. The van der Waals surface area contributed by atoms with Crippen molar-refractivity contribution in [1.82, 2.24) is 14.9 Å². The lowest BCUT2D eigenvalue weighted by Crippen LogP contribution is -2.22. The van der Waals surface area contributed by atoms with Gasteiger partial charge in [-0.15, -0.1) is 0 Å². The number of imidazole rings is 1. The number of hydrogen-bond acceptors (Lipinski definition) is 4. The number of nitrogens with zero attached hydrogens (tertiary/aromatic N) is 3. The fraction of sp³-hybridized carbons (Fsp3) is 0.375. The molecule has 2 rings (SSSR count). The number of anilines is 2. The van der Waals surface area contributed by atoms with Gasteiger partial charge in [0.25, 0.3) is 5.91 Å². The van der Waals surface area contributed by atoms with Crippen LogP contribution < -0.4 is 15.5 Å². The molecular formula is C16H23N5O. The van der Waals surface area contributed by atoms with Crippen LogP contribution in [0.5, 0.6) is 0 Å². The predicted octanol–water partition coefficient (Wildman–Crippen LogP) is 1.85. The molecule has 0 aliphatic heterocycles. The first-order valence-corrected chi connectivity index (χ1v) is 7.33. The van der Waals surface area contributed by atoms with E-state index in [1.165, 1.54) is 0 Å². The zero-order valence-electron chi connectivity index (χ0n) is 13.6. The molecule has 1 amide bonds. The molecule has 0 aliphatic rings. The third-order valence-corrected chi connectivity index (χ3v) is 3.42. The number of carbonyl (C=O) groups excluding carboxylic acids is 1. The summed E-state index contributed by atoms with van der Waals surface area (Å²) in [7, 11) is 5.94. The number of amides is 1. The second-order valence-corrected chi connectivity index (χ2v) is 5.29. The van der Waals surface area contributed by atoms with Crippen molar-refractivity contribution in [2.75, 3.05) is 30.9 Å². The van der Waals surface area contributed by atoms with E-state index >= 15 is 0 Å². The Kier molecular flexibility index (Phi) is 5.04. The van der Waals surface area contributed by atoms with Crippen molar-refractivity contribution in [2.24, 2.45) is 7.05 Å². The van der Waals surface area contributed by atoms with E-state index in [0.717, 1.165) is 17.3 Å². The molecule has 2 aromatic rings. The van der Waals surface area contributed by atoms with Gasteiger partial charge in [0.05, 0.1) is 18.4 Å². The Balaban J connectivity index is 1.99. The van der Waals surface area contributed by atoms with Crippen LogP contribution in [0.2, 0.25) is 0 Å². The van der Waals surface area contributed by atoms with Gasteiger partial charge < -0.3 is 20.1 Å². The van der Waals surface area contributed by atoms with Gasteiger partial charge in [-0.2, -0.15) is 0 Å². The Morgan fingerprint density at radius 1 is 1.27 bits per heavy atom. The van der Waals surface area contributed by atoms with Crippen molar-refractivity contribution in [3.05, 3.63) is 41.7 Å². The molecule has 0 fully saturated rings. The molecule has 0 unspecified atom stereocenters. The molecule has 0 spiro atoms. The maximum absolute atomic E-state index is 11.7. The van der Waals surface area contributed by atoms with Crippen LogP contribution >= 0.6 is 0 Å². The minimum atomic E-state index is -0.0451. The van der Waals surface area contributed by atoms with Gasteiger partial charge in [0.15, 0.2) is 0 Å². The topological polar surface area (TPSA) is 62.2 Å². The Labute approximate surface area is 131 Å². The van der Waals surface area contributed by atoms with Crippen molar-refractivity contribution in [3.8, 4) is 0 Å². The highest BCUT2D eigenvalue weighted by molar-refractivity contribution is 5.94. The first-order chi connectivity index (χ1) is 10.5. The molecule has 2 N–H and O–H groups in total. The van der Waals surface area contributed by atoms with Crippen LogP contribution in [-0.2, 0) is 13.6 Å². The molecular weight excluding hydrogens is 278 g/mol. The van der Waals surface area contributed by atoms with Gasteiger partial charge in [0, 0.05) is 38.9 Å². The first-order valence-electron chi connectivity index (χ1n) is 7.33. The first kappa shape index (κ1) is 15.9. The van der Waals surface area contributed by atoms with Crippen LogP contribution in [0.25, 0.3) is 0 Å². The third kappa shape index (κ3) is 3.58. The summed E-state index contributed by atoms with van der Waals surface area (Å²) in [5.41, 5.74) is 2.74. The van der Waals surface area contributed by atoms with E-state index in [1.54, 1.807) is 0 Å². The minimum Gasteiger partial charge on any atom is -0.379 e. The molecule has 0 aliphatic carbocycles. The molecule has 6 nitrogen and oxygen atoms in total. The molecule has 118 valence electrons. The van der Waals surface area contributed by atoms with Crippen LogP contribution in [0, 0.1) is 0 Å². The highest BCUT2D eigenvalue weighted by Crippen LogP contribution is 2.14. The predicted molar refractivity (Wildman–Crippen MR) is 89.3 cm³/mol. The second kappa shape index (κ2) is 6.98. The Bertz CT molecular complexity index is 630. The van der Waals surface area contributed by atoms with Crippen molar-refractivity contribution in [2.45, 2.75) is 13.5 Å². The summed E-state index contributed by atoms with van der Waals surface area (Å²) in [6.45, 7) is 3.22. The van der Waals surface area contributed by atoms with E-state index in [9.17, 15) is 4.79 Å². The number of benzene rings is 1. The maximum atomic E-state index is 11.7. The lowest BCUT2D eigenvalue weighted by Gasteiger charge is -2.13. The van der Waals surface area contributed by atoms with E-state index in [4.69, 9.17) is 0 Å². The summed E-state index contributed by atoms with van der Waals surface area (Å²) in [4.78, 5) is 18.1. The highest BCUT2D eigenvalue weighted by atomic mass is 16.1. The Morgan fingerprint density at radius 2 is 1.95 bits per heavy atom. The van der Waals surface area contributed by atoms with E-state index in [1.807, 2.05) is 63.4 Å². The lowest BCUT2D eigenvalue weighted by molar-refractivity contribution is 0.0956. The number of hydrogen-bond donors (Lipinski definition) is 2. The van der Waals surface area contributed by atoms with Crippen LogP contribution in [0.3, 0.4) is 0 Å². The molecule has 0 saturated carbocycles. The van der Waals surface area contributed by atoms with Gasteiger partial charge in [0.1, 0.15) is 0 Å². The Morgan fingerprint density at radius 3 is 2.50 bits per heavy atom. The average Bonchev–Trinajstić information content (AvgIpc) is 2.87. The van der Waals surface area contributed by atoms with E-state index in [-0.39, 0.29) is 5.91 Å². The lowest BCUT2D eigenvalue weighted by atomic mass is 10.2. The van der Waals surface area contributed by atoms with Gasteiger partial charge in [0.2, 0.25) is 5.95 Å². The number of rotatable bonds is 6. The fourth-order valence-electron chi connectivity index (χ4n) is 2.21. The molecule has 0 radical (unpaired) electrons. The summed E-state index contributed by atoms with van der Waals surface area (Å²) in [6.07, 6.45) is 1.87. The molecule has 0 atom stereocenters. The van der Waals surface area contributed by atoms with Gasteiger partial charge in [-0.25, -0.2) is 4.98 Å². The van der Waals surface area contributed by atoms with Crippen molar-refractivity contribution >= 4 is 17.5 Å². The number of carbonyl (C=O) groups is 1. The number of aromatic nitrogens is 2. The standard InChI is InChI=1S/C16H23N5O/c1-5-17-15(22)12-6-8-13(9-7-12)18-10-14-11-19-16(20(2)3)21(14)4/h6-9,11,18H,5,10H2,1-4H3,(H,17,22). The molecule has 1 aromatic carbocycles. The van der Waals surface area contributed by atoms with Crippen LogP contribution in [-0.4, -0.2) is 36.1 Å². The van der Waals surface area contributed by atoms with E-state index in [2.05, 4.69) is 20.2 Å². The average molecular weight is 301 g/mol. The molecule has 1 aromatic heterocycles. The maximum Gasteiger partial charge on any atom is 0.251 e. The van der Waals surface area contributed by atoms with Gasteiger partial charge >= 0.3 is 0 Å².